The summed E-state index contributed by atoms with van der Waals surface area (Å²) < 4.78 is 27.9. The van der Waals surface area contributed by atoms with Crippen molar-refractivity contribution < 1.29 is 28.5 Å². The van der Waals surface area contributed by atoms with E-state index in [0.29, 0.717) is 36.2 Å². The molecule has 0 bridgehead atoms. The number of ether oxygens (including phenoxy) is 5. The van der Waals surface area contributed by atoms with Gasteiger partial charge >= 0.3 is 5.97 Å². The van der Waals surface area contributed by atoms with Crippen LogP contribution in [0.25, 0.3) is 0 Å². The molecule has 1 aliphatic heterocycles. The molecule has 0 saturated carbocycles. The summed E-state index contributed by atoms with van der Waals surface area (Å²) in [5, 5.41) is 0. The number of methoxy groups -OCH3 is 1. The van der Waals surface area contributed by atoms with E-state index in [1.54, 1.807) is 19.2 Å². The Balaban J connectivity index is 1.56. The zero-order valence-corrected chi connectivity index (χ0v) is 16.1. The Bertz CT molecular complexity index is 805. The van der Waals surface area contributed by atoms with Crippen LogP contribution in [-0.2, 0) is 16.1 Å². The second kappa shape index (κ2) is 8.31. The van der Waals surface area contributed by atoms with Crippen molar-refractivity contribution in [3.8, 4) is 23.0 Å². The fourth-order valence-corrected chi connectivity index (χ4v) is 2.88. The maximum Gasteiger partial charge on any atom is 0.344 e. The van der Waals surface area contributed by atoms with Crippen molar-refractivity contribution in [1.82, 2.24) is 0 Å². The number of carbonyl (C=O) groups is 1. The number of rotatable bonds is 6. The molecule has 0 amide bonds. The van der Waals surface area contributed by atoms with Crippen molar-refractivity contribution in [1.29, 1.82) is 0 Å². The monoisotopic (exact) mass is 422 g/mol. The van der Waals surface area contributed by atoms with Crippen LogP contribution in [0.15, 0.2) is 34.8 Å². The predicted octanol–water partition coefficient (Wildman–Crippen LogP) is 3.66. The van der Waals surface area contributed by atoms with Gasteiger partial charge in [0.25, 0.3) is 0 Å². The molecule has 7 heteroatoms. The predicted molar refractivity (Wildman–Crippen MR) is 98.2 cm³/mol. The number of hydrogen-bond acceptors (Lipinski definition) is 6. The average Bonchev–Trinajstić information content (AvgIpc) is 2.65. The van der Waals surface area contributed by atoms with E-state index in [-0.39, 0.29) is 13.2 Å². The molecule has 0 atom stereocenters. The molecular weight excluding hydrogens is 404 g/mol. The van der Waals surface area contributed by atoms with Crippen molar-refractivity contribution in [2.45, 2.75) is 13.5 Å². The third-order valence-corrected chi connectivity index (χ3v) is 4.50. The van der Waals surface area contributed by atoms with Crippen LogP contribution in [0.5, 0.6) is 23.0 Å². The first-order valence-electron chi connectivity index (χ1n) is 8.08. The highest BCUT2D eigenvalue weighted by Gasteiger charge is 2.16. The van der Waals surface area contributed by atoms with E-state index in [1.807, 2.05) is 25.1 Å². The Morgan fingerprint density at radius 1 is 1.12 bits per heavy atom. The highest BCUT2D eigenvalue weighted by molar-refractivity contribution is 9.10. The summed E-state index contributed by atoms with van der Waals surface area (Å²) in [6.45, 7) is 2.87. The number of aryl methyl sites for hydroxylation is 1. The van der Waals surface area contributed by atoms with Gasteiger partial charge in [0.1, 0.15) is 19.8 Å². The zero-order valence-electron chi connectivity index (χ0n) is 14.5. The molecule has 138 valence electrons. The topological polar surface area (TPSA) is 63.2 Å². The van der Waals surface area contributed by atoms with Crippen molar-refractivity contribution in [2.24, 2.45) is 0 Å². The lowest BCUT2D eigenvalue weighted by molar-refractivity contribution is -0.147. The molecule has 2 aromatic carbocycles. The lowest BCUT2D eigenvalue weighted by atomic mass is 10.2. The molecule has 0 fully saturated rings. The molecule has 0 unspecified atom stereocenters. The first-order chi connectivity index (χ1) is 12.6. The van der Waals surface area contributed by atoms with Gasteiger partial charge in [-0.05, 0) is 36.8 Å². The standard InChI is InChI=1S/C19H19BrO6/c1-12-3-4-15(16(7-12)22-2)25-11-19(21)26-10-13-8-17-18(9-14(13)20)24-6-5-23-17/h3-4,7-9H,5-6,10-11H2,1-2H3. The summed E-state index contributed by atoms with van der Waals surface area (Å²) in [6, 6.07) is 9.10. The van der Waals surface area contributed by atoms with E-state index in [2.05, 4.69) is 15.9 Å². The molecule has 6 nitrogen and oxygen atoms in total. The maximum absolute atomic E-state index is 12.0. The van der Waals surface area contributed by atoms with E-state index in [9.17, 15) is 4.79 Å². The van der Waals surface area contributed by atoms with Crippen LogP contribution in [0.3, 0.4) is 0 Å². The second-order valence-corrected chi connectivity index (χ2v) is 6.55. The molecule has 0 aromatic heterocycles. The van der Waals surface area contributed by atoms with E-state index in [0.717, 1.165) is 15.6 Å². The Morgan fingerprint density at radius 3 is 2.58 bits per heavy atom. The highest BCUT2D eigenvalue weighted by atomic mass is 79.9. The SMILES string of the molecule is COc1cc(C)ccc1OCC(=O)OCc1cc2c(cc1Br)OCCO2. The lowest BCUT2D eigenvalue weighted by Gasteiger charge is -2.20. The Hall–Kier alpha value is -2.41. The van der Waals surface area contributed by atoms with Gasteiger partial charge in [0, 0.05) is 10.0 Å². The lowest BCUT2D eigenvalue weighted by Crippen LogP contribution is -2.17. The largest absolute Gasteiger partial charge is 0.493 e. The summed E-state index contributed by atoms with van der Waals surface area (Å²) in [4.78, 5) is 12.0. The van der Waals surface area contributed by atoms with Crippen LogP contribution in [-0.4, -0.2) is 32.9 Å². The zero-order chi connectivity index (χ0) is 18.5. The van der Waals surface area contributed by atoms with Gasteiger partial charge in [-0.15, -0.1) is 0 Å². The van der Waals surface area contributed by atoms with Gasteiger partial charge in [-0.3, -0.25) is 0 Å². The number of hydrogen-bond donors (Lipinski definition) is 0. The van der Waals surface area contributed by atoms with Gasteiger partial charge in [-0.25, -0.2) is 4.79 Å². The third kappa shape index (κ3) is 4.40. The number of benzene rings is 2. The van der Waals surface area contributed by atoms with Gasteiger partial charge in [0.2, 0.25) is 0 Å². The fourth-order valence-electron chi connectivity index (χ4n) is 2.45. The molecular formula is C19H19BrO6. The molecule has 0 N–H and O–H groups in total. The van der Waals surface area contributed by atoms with E-state index < -0.39 is 5.97 Å². The summed E-state index contributed by atoms with van der Waals surface area (Å²) >= 11 is 3.45. The summed E-state index contributed by atoms with van der Waals surface area (Å²) in [5.41, 5.74) is 1.83. The van der Waals surface area contributed by atoms with Crippen LogP contribution >= 0.6 is 15.9 Å². The van der Waals surface area contributed by atoms with Crippen molar-refractivity contribution >= 4 is 21.9 Å². The molecule has 2 aromatic rings. The molecule has 1 heterocycles. The first kappa shape index (κ1) is 18.4. The Kier molecular flexibility index (Phi) is 5.88. The van der Waals surface area contributed by atoms with Crippen molar-refractivity contribution in [3.05, 3.63) is 45.9 Å². The minimum absolute atomic E-state index is 0.102. The van der Waals surface area contributed by atoms with Gasteiger partial charge in [0.15, 0.2) is 29.6 Å². The van der Waals surface area contributed by atoms with Crippen LogP contribution in [0.4, 0.5) is 0 Å². The molecule has 0 saturated heterocycles. The average molecular weight is 423 g/mol. The van der Waals surface area contributed by atoms with Crippen molar-refractivity contribution in [3.63, 3.8) is 0 Å². The highest BCUT2D eigenvalue weighted by Crippen LogP contribution is 2.35. The van der Waals surface area contributed by atoms with Crippen LogP contribution in [0.1, 0.15) is 11.1 Å². The molecule has 3 rings (SSSR count). The Labute approximate surface area is 160 Å². The van der Waals surface area contributed by atoms with Gasteiger partial charge < -0.3 is 23.7 Å². The number of esters is 1. The second-order valence-electron chi connectivity index (χ2n) is 5.69. The number of fused-ring (bicyclic) bond motifs is 1. The van der Waals surface area contributed by atoms with Gasteiger partial charge in [-0.2, -0.15) is 0 Å². The van der Waals surface area contributed by atoms with Crippen LogP contribution < -0.4 is 18.9 Å². The van der Waals surface area contributed by atoms with E-state index >= 15 is 0 Å². The summed E-state index contributed by atoms with van der Waals surface area (Å²) in [6.07, 6.45) is 0. The maximum atomic E-state index is 12.0. The smallest absolute Gasteiger partial charge is 0.344 e. The molecule has 0 aliphatic carbocycles. The summed E-state index contributed by atoms with van der Waals surface area (Å²) in [7, 11) is 1.55. The fraction of sp³-hybridized carbons (Fsp3) is 0.316. The number of carbonyl (C=O) groups excluding carboxylic acids is 1. The number of halogens is 1. The first-order valence-corrected chi connectivity index (χ1v) is 8.87. The van der Waals surface area contributed by atoms with Crippen LogP contribution in [0, 0.1) is 6.92 Å². The molecule has 0 spiro atoms. The van der Waals surface area contributed by atoms with Gasteiger partial charge in [-0.1, -0.05) is 22.0 Å². The van der Waals surface area contributed by atoms with E-state index in [4.69, 9.17) is 23.7 Å². The summed E-state index contributed by atoms with van der Waals surface area (Å²) in [5.74, 6) is 1.91. The van der Waals surface area contributed by atoms with Crippen LogP contribution in [0.2, 0.25) is 0 Å². The Morgan fingerprint density at radius 2 is 1.85 bits per heavy atom. The molecule has 26 heavy (non-hydrogen) atoms. The quantitative estimate of drug-likeness (QED) is 0.661. The third-order valence-electron chi connectivity index (χ3n) is 3.76. The minimum atomic E-state index is -0.477. The van der Waals surface area contributed by atoms with Gasteiger partial charge in [0.05, 0.1) is 7.11 Å². The van der Waals surface area contributed by atoms with E-state index in [1.165, 1.54) is 0 Å². The normalized spacial score (nSPS) is 12.4. The minimum Gasteiger partial charge on any atom is -0.493 e. The van der Waals surface area contributed by atoms with Crippen molar-refractivity contribution in [2.75, 3.05) is 26.9 Å². The molecule has 1 aliphatic rings. The molecule has 0 radical (unpaired) electrons.